The first-order valence-electron chi connectivity index (χ1n) is 12.0. The van der Waals surface area contributed by atoms with Gasteiger partial charge in [0, 0.05) is 0 Å². The number of fused-ring (bicyclic) bond motifs is 5. The van der Waals surface area contributed by atoms with Crippen LogP contribution in [-0.4, -0.2) is 25.4 Å². The molecular formula is C26H36O3S. The van der Waals surface area contributed by atoms with Gasteiger partial charge in [0.25, 0.3) is 0 Å². The Morgan fingerprint density at radius 2 is 1.83 bits per heavy atom. The van der Waals surface area contributed by atoms with Crippen molar-refractivity contribution in [1.82, 2.24) is 0 Å². The summed E-state index contributed by atoms with van der Waals surface area (Å²) in [5.41, 5.74) is 1.84. The maximum absolute atomic E-state index is 12.8. The van der Waals surface area contributed by atoms with Crippen molar-refractivity contribution in [3.05, 3.63) is 42.0 Å². The smallest absolute Gasteiger partial charge is 0.178 e. The van der Waals surface area contributed by atoms with Crippen molar-refractivity contribution < 1.29 is 13.5 Å². The van der Waals surface area contributed by atoms with Gasteiger partial charge in [-0.15, -0.1) is 0 Å². The molecule has 1 aromatic rings. The van der Waals surface area contributed by atoms with E-state index in [9.17, 15) is 13.5 Å². The Kier molecular flexibility index (Phi) is 5.38. The highest BCUT2D eigenvalue weighted by atomic mass is 32.2. The van der Waals surface area contributed by atoms with Crippen LogP contribution in [0.5, 0.6) is 0 Å². The highest BCUT2D eigenvalue weighted by Crippen LogP contribution is 2.63. The summed E-state index contributed by atoms with van der Waals surface area (Å²) in [6, 6.07) is 8.96. The SMILES string of the molecule is CC12CCC3C4CC[C@H](O)CC4=CCC3C1CC[C@@H]2CCS(=O)(=O)c1ccccc1. The van der Waals surface area contributed by atoms with Gasteiger partial charge in [-0.2, -0.15) is 0 Å². The first-order valence-corrected chi connectivity index (χ1v) is 13.7. The topological polar surface area (TPSA) is 54.4 Å². The standard InChI is InChI=1S/C26H36O3S/c1-26-15-13-23-22-11-9-20(27)17-18(22)7-10-24(23)25(26)12-8-19(26)14-16-30(28,29)21-5-3-2-4-6-21/h2-7,19-20,22-25,27H,8-17H2,1H3/t19-,20+,22?,23?,24?,25?,26?/m1/s1. The van der Waals surface area contributed by atoms with Gasteiger partial charge in [0.05, 0.1) is 16.8 Å². The number of sulfone groups is 1. The zero-order chi connectivity index (χ0) is 20.9. The van der Waals surface area contributed by atoms with Crippen LogP contribution in [0.2, 0.25) is 0 Å². The molecule has 7 atom stereocenters. The number of aliphatic hydroxyl groups excluding tert-OH is 1. The molecule has 3 fully saturated rings. The van der Waals surface area contributed by atoms with Crippen LogP contribution in [0.25, 0.3) is 0 Å². The highest BCUT2D eigenvalue weighted by molar-refractivity contribution is 7.91. The van der Waals surface area contributed by atoms with Crippen LogP contribution >= 0.6 is 0 Å². The first-order chi connectivity index (χ1) is 14.4. The van der Waals surface area contributed by atoms with Crippen LogP contribution < -0.4 is 0 Å². The molecule has 0 heterocycles. The maximum atomic E-state index is 12.8. The third-order valence-electron chi connectivity index (χ3n) is 9.45. The Balaban J connectivity index is 1.30. The second-order valence-electron chi connectivity index (χ2n) is 10.7. The molecule has 0 aliphatic heterocycles. The third kappa shape index (κ3) is 3.48. The summed E-state index contributed by atoms with van der Waals surface area (Å²) in [7, 11) is -3.19. The van der Waals surface area contributed by atoms with Crippen molar-refractivity contribution in [2.75, 3.05) is 5.75 Å². The molecule has 0 spiro atoms. The summed E-state index contributed by atoms with van der Waals surface area (Å²) in [6.07, 6.45) is 12.4. The summed E-state index contributed by atoms with van der Waals surface area (Å²) < 4.78 is 25.7. The normalized spacial score (nSPS) is 40.8. The molecule has 3 nitrogen and oxygen atoms in total. The van der Waals surface area contributed by atoms with Crippen LogP contribution in [0.4, 0.5) is 0 Å². The van der Waals surface area contributed by atoms with Gasteiger partial charge in [-0.25, -0.2) is 8.42 Å². The molecule has 30 heavy (non-hydrogen) atoms. The molecule has 0 amide bonds. The van der Waals surface area contributed by atoms with Crippen molar-refractivity contribution in [2.45, 2.75) is 75.7 Å². The van der Waals surface area contributed by atoms with Gasteiger partial charge in [0.15, 0.2) is 9.84 Å². The lowest BCUT2D eigenvalue weighted by Crippen LogP contribution is -2.46. The minimum atomic E-state index is -3.19. The van der Waals surface area contributed by atoms with Crippen molar-refractivity contribution >= 4 is 9.84 Å². The number of allylic oxidation sites excluding steroid dienone is 1. The lowest BCUT2D eigenvalue weighted by Gasteiger charge is -2.53. The van der Waals surface area contributed by atoms with Gasteiger partial charge in [0.2, 0.25) is 0 Å². The fourth-order valence-electron chi connectivity index (χ4n) is 7.88. The van der Waals surface area contributed by atoms with Gasteiger partial charge in [-0.3, -0.25) is 0 Å². The second-order valence-corrected chi connectivity index (χ2v) is 12.8. The molecule has 5 unspecified atom stereocenters. The monoisotopic (exact) mass is 428 g/mol. The number of hydrogen-bond donors (Lipinski definition) is 1. The number of hydrogen-bond acceptors (Lipinski definition) is 3. The number of aliphatic hydroxyl groups is 1. The minimum absolute atomic E-state index is 0.125. The van der Waals surface area contributed by atoms with Crippen LogP contribution in [0, 0.1) is 35.0 Å². The Morgan fingerprint density at radius 3 is 2.63 bits per heavy atom. The molecular weight excluding hydrogens is 392 g/mol. The van der Waals surface area contributed by atoms with Gasteiger partial charge >= 0.3 is 0 Å². The van der Waals surface area contributed by atoms with Crippen LogP contribution in [-0.2, 0) is 9.84 Å². The van der Waals surface area contributed by atoms with Crippen LogP contribution in [0.3, 0.4) is 0 Å². The summed E-state index contributed by atoms with van der Waals surface area (Å²) >= 11 is 0. The second kappa shape index (κ2) is 7.78. The van der Waals surface area contributed by atoms with E-state index in [-0.39, 0.29) is 11.9 Å². The summed E-state index contributed by atoms with van der Waals surface area (Å²) in [5.74, 6) is 3.81. The van der Waals surface area contributed by atoms with E-state index in [1.165, 1.54) is 32.1 Å². The molecule has 3 saturated carbocycles. The molecule has 5 rings (SSSR count). The maximum Gasteiger partial charge on any atom is 0.178 e. The van der Waals surface area contributed by atoms with E-state index in [1.54, 1.807) is 17.7 Å². The van der Waals surface area contributed by atoms with Gasteiger partial charge in [-0.1, -0.05) is 36.8 Å². The fraction of sp³-hybridized carbons (Fsp3) is 0.692. The molecule has 164 valence electrons. The lowest BCUT2D eigenvalue weighted by molar-refractivity contribution is -0.0186. The summed E-state index contributed by atoms with van der Waals surface area (Å²) in [5, 5.41) is 10.1. The molecule has 1 N–H and O–H groups in total. The summed E-state index contributed by atoms with van der Waals surface area (Å²) in [6.45, 7) is 2.48. The highest BCUT2D eigenvalue weighted by Gasteiger charge is 2.55. The zero-order valence-electron chi connectivity index (χ0n) is 18.2. The Hall–Kier alpha value is -1.13. The van der Waals surface area contributed by atoms with Crippen molar-refractivity contribution in [3.8, 4) is 0 Å². The fourth-order valence-corrected chi connectivity index (χ4v) is 9.28. The summed E-state index contributed by atoms with van der Waals surface area (Å²) in [4.78, 5) is 0.470. The van der Waals surface area contributed by atoms with Gasteiger partial charge in [0.1, 0.15) is 0 Å². The van der Waals surface area contributed by atoms with E-state index >= 15 is 0 Å². The van der Waals surface area contributed by atoms with Crippen molar-refractivity contribution in [1.29, 1.82) is 0 Å². The molecule has 0 aromatic heterocycles. The van der Waals surface area contributed by atoms with Crippen molar-refractivity contribution in [2.24, 2.45) is 35.0 Å². The average molecular weight is 429 g/mol. The average Bonchev–Trinajstić information content (AvgIpc) is 3.09. The predicted octanol–water partition coefficient (Wildman–Crippen LogP) is 5.40. The quantitative estimate of drug-likeness (QED) is 0.653. The van der Waals surface area contributed by atoms with E-state index in [2.05, 4.69) is 13.0 Å². The van der Waals surface area contributed by atoms with Gasteiger partial charge in [-0.05, 0) is 105 Å². The molecule has 0 bridgehead atoms. The van der Waals surface area contributed by atoms with Crippen LogP contribution in [0.15, 0.2) is 46.9 Å². The lowest BCUT2D eigenvalue weighted by atomic mass is 9.51. The Bertz CT molecular complexity index is 905. The predicted molar refractivity (Wildman–Crippen MR) is 120 cm³/mol. The molecule has 1 aromatic carbocycles. The van der Waals surface area contributed by atoms with E-state index in [1.807, 2.05) is 18.2 Å². The van der Waals surface area contributed by atoms with E-state index in [4.69, 9.17) is 0 Å². The minimum Gasteiger partial charge on any atom is -0.393 e. The van der Waals surface area contributed by atoms with E-state index < -0.39 is 9.84 Å². The Labute approximate surface area is 181 Å². The van der Waals surface area contributed by atoms with Gasteiger partial charge < -0.3 is 5.11 Å². The van der Waals surface area contributed by atoms with Crippen molar-refractivity contribution in [3.63, 3.8) is 0 Å². The molecule has 0 radical (unpaired) electrons. The van der Waals surface area contributed by atoms with E-state index in [0.717, 1.165) is 43.4 Å². The first kappa shape index (κ1) is 20.8. The molecule has 4 heteroatoms. The van der Waals surface area contributed by atoms with Crippen LogP contribution in [0.1, 0.15) is 64.7 Å². The molecule has 4 aliphatic rings. The zero-order valence-corrected chi connectivity index (χ0v) is 19.0. The Morgan fingerprint density at radius 1 is 1.03 bits per heavy atom. The third-order valence-corrected chi connectivity index (χ3v) is 11.2. The molecule has 0 saturated heterocycles. The van der Waals surface area contributed by atoms with E-state index in [0.29, 0.717) is 22.1 Å². The number of benzene rings is 1. The largest absolute Gasteiger partial charge is 0.393 e. The molecule has 4 aliphatic carbocycles. The number of rotatable bonds is 4.